The molecule has 148 valence electrons. The number of piperidine rings is 1. The third-order valence-corrected chi connectivity index (χ3v) is 5.89. The summed E-state index contributed by atoms with van der Waals surface area (Å²) in [6.07, 6.45) is 2.31. The molecule has 1 heterocycles. The molecule has 1 fully saturated rings. The number of rotatable bonds is 5. The van der Waals surface area contributed by atoms with Crippen molar-refractivity contribution in [3.63, 3.8) is 0 Å². The van der Waals surface area contributed by atoms with Crippen molar-refractivity contribution in [1.82, 2.24) is 5.32 Å². The van der Waals surface area contributed by atoms with E-state index in [0.717, 1.165) is 12.3 Å². The largest absolute Gasteiger partial charge is 0.366 e. The maximum Gasteiger partial charge on any atom is 0.293 e. The predicted octanol–water partition coefficient (Wildman–Crippen LogP) is 2.40. The van der Waals surface area contributed by atoms with Gasteiger partial charge >= 0.3 is 0 Å². The molecular weight excluding hydrogens is 382 g/mol. The molecule has 2 aromatic rings. The van der Waals surface area contributed by atoms with E-state index < -0.39 is 14.8 Å². The Balaban J connectivity index is 1.69. The fourth-order valence-electron chi connectivity index (χ4n) is 3.27. The summed E-state index contributed by atoms with van der Waals surface area (Å²) in [7, 11) is -3.53. The molecule has 0 spiro atoms. The molecule has 2 aromatic carbocycles. The van der Waals surface area contributed by atoms with Crippen LogP contribution in [0, 0.1) is 10.1 Å². The van der Waals surface area contributed by atoms with Gasteiger partial charge in [0.1, 0.15) is 5.69 Å². The summed E-state index contributed by atoms with van der Waals surface area (Å²) in [6, 6.07) is 12.9. The number of amides is 1. The van der Waals surface area contributed by atoms with Crippen LogP contribution in [0.2, 0.25) is 0 Å². The van der Waals surface area contributed by atoms with Gasteiger partial charge in [-0.1, -0.05) is 18.2 Å². The number of carbonyl (C=O) groups excluding carboxylic acids is 1. The fraction of sp³-hybridized carbons (Fsp3) is 0.316. The van der Waals surface area contributed by atoms with Crippen LogP contribution < -0.4 is 10.2 Å². The highest BCUT2D eigenvalue weighted by atomic mass is 32.2. The molecule has 9 heteroatoms. The smallest absolute Gasteiger partial charge is 0.293 e. The van der Waals surface area contributed by atoms with E-state index in [2.05, 4.69) is 5.32 Å². The van der Waals surface area contributed by atoms with Gasteiger partial charge in [0.2, 0.25) is 0 Å². The number of anilines is 1. The Morgan fingerprint density at radius 2 is 1.79 bits per heavy atom. The van der Waals surface area contributed by atoms with E-state index in [9.17, 15) is 23.3 Å². The third-order valence-electron chi connectivity index (χ3n) is 4.78. The van der Waals surface area contributed by atoms with E-state index in [1.165, 1.54) is 12.1 Å². The van der Waals surface area contributed by atoms with Crippen molar-refractivity contribution in [2.75, 3.05) is 24.2 Å². The standard InChI is InChI=1S/C19H21N3O5S/c1-28(26,27)16-7-8-17(18(13-16)22(24)25)21-11-9-15(10-12-21)20-19(23)14-5-3-2-4-6-14/h2-8,13,15H,9-12H2,1H3,(H,20,23). The first kappa shape index (κ1) is 19.8. The van der Waals surface area contributed by atoms with Crippen molar-refractivity contribution in [2.24, 2.45) is 0 Å². The Bertz CT molecular complexity index is 984. The first-order valence-corrected chi connectivity index (χ1v) is 10.7. The monoisotopic (exact) mass is 403 g/mol. The Labute approximate surface area is 163 Å². The summed E-state index contributed by atoms with van der Waals surface area (Å²) >= 11 is 0. The van der Waals surface area contributed by atoms with Crippen LogP contribution in [0.1, 0.15) is 23.2 Å². The summed E-state index contributed by atoms with van der Waals surface area (Å²) in [5.41, 5.74) is 0.761. The second-order valence-corrected chi connectivity index (χ2v) is 8.80. The van der Waals surface area contributed by atoms with Crippen molar-refractivity contribution in [1.29, 1.82) is 0 Å². The number of carbonyl (C=O) groups is 1. The van der Waals surface area contributed by atoms with Crippen LogP contribution in [0.5, 0.6) is 0 Å². The van der Waals surface area contributed by atoms with Crippen LogP contribution in [0.15, 0.2) is 53.4 Å². The molecule has 0 bridgehead atoms. The Morgan fingerprint density at radius 3 is 2.36 bits per heavy atom. The molecule has 0 aliphatic carbocycles. The lowest BCUT2D eigenvalue weighted by Gasteiger charge is -2.33. The second kappa shape index (κ2) is 7.97. The predicted molar refractivity (Wildman–Crippen MR) is 105 cm³/mol. The number of nitrogens with one attached hydrogen (secondary N) is 1. The number of hydrogen-bond acceptors (Lipinski definition) is 6. The topological polar surface area (TPSA) is 110 Å². The van der Waals surface area contributed by atoms with Crippen molar-refractivity contribution in [2.45, 2.75) is 23.8 Å². The number of nitrogens with zero attached hydrogens (tertiary/aromatic N) is 2. The quantitative estimate of drug-likeness (QED) is 0.606. The van der Waals surface area contributed by atoms with E-state index in [0.29, 0.717) is 37.2 Å². The second-order valence-electron chi connectivity index (χ2n) is 6.78. The van der Waals surface area contributed by atoms with Crippen LogP contribution >= 0.6 is 0 Å². The minimum atomic E-state index is -3.53. The Kier molecular flexibility index (Phi) is 5.64. The highest BCUT2D eigenvalue weighted by Gasteiger charge is 2.27. The van der Waals surface area contributed by atoms with E-state index >= 15 is 0 Å². The Hall–Kier alpha value is -2.94. The molecule has 1 aliphatic rings. The van der Waals surface area contributed by atoms with Gasteiger partial charge < -0.3 is 10.2 Å². The number of hydrogen-bond donors (Lipinski definition) is 1. The van der Waals surface area contributed by atoms with Crippen LogP contribution in [0.4, 0.5) is 11.4 Å². The molecule has 1 aliphatic heterocycles. The van der Waals surface area contributed by atoms with Crippen molar-refractivity contribution < 1.29 is 18.1 Å². The van der Waals surface area contributed by atoms with Gasteiger partial charge in [-0.2, -0.15) is 0 Å². The van der Waals surface area contributed by atoms with Crippen LogP contribution in [0.3, 0.4) is 0 Å². The minimum absolute atomic E-state index is 0.0155. The minimum Gasteiger partial charge on any atom is -0.366 e. The van der Waals surface area contributed by atoms with Gasteiger partial charge in [-0.05, 0) is 37.1 Å². The SMILES string of the molecule is CS(=O)(=O)c1ccc(N2CCC(NC(=O)c3ccccc3)CC2)c([N+](=O)[O-])c1. The molecule has 0 unspecified atom stereocenters. The van der Waals surface area contributed by atoms with Gasteiger partial charge in [-0.25, -0.2) is 8.42 Å². The zero-order valence-corrected chi connectivity index (χ0v) is 16.2. The summed E-state index contributed by atoms with van der Waals surface area (Å²) in [6.45, 7) is 1.05. The average Bonchev–Trinajstić information content (AvgIpc) is 2.68. The maximum absolute atomic E-state index is 12.3. The van der Waals surface area contributed by atoms with E-state index in [1.54, 1.807) is 24.3 Å². The van der Waals surface area contributed by atoms with Gasteiger partial charge in [-0.3, -0.25) is 14.9 Å². The molecule has 1 amide bonds. The summed E-state index contributed by atoms with van der Waals surface area (Å²) < 4.78 is 23.4. The molecular formula is C19H21N3O5S. The lowest BCUT2D eigenvalue weighted by molar-refractivity contribution is -0.384. The van der Waals surface area contributed by atoms with Gasteiger partial charge in [0.25, 0.3) is 11.6 Å². The molecule has 28 heavy (non-hydrogen) atoms. The zero-order valence-electron chi connectivity index (χ0n) is 15.4. The van der Waals surface area contributed by atoms with Crippen molar-refractivity contribution in [3.05, 3.63) is 64.2 Å². The van der Waals surface area contributed by atoms with Gasteiger partial charge in [-0.15, -0.1) is 0 Å². The summed E-state index contributed by atoms with van der Waals surface area (Å²) in [5.74, 6) is -0.137. The fourth-order valence-corrected chi connectivity index (χ4v) is 3.91. The molecule has 0 saturated carbocycles. The van der Waals surface area contributed by atoms with E-state index in [-0.39, 0.29) is 22.5 Å². The van der Waals surface area contributed by atoms with E-state index in [1.807, 2.05) is 11.0 Å². The molecule has 0 radical (unpaired) electrons. The normalized spacial score (nSPS) is 15.2. The van der Waals surface area contributed by atoms with Gasteiger partial charge in [0, 0.05) is 37.0 Å². The lowest BCUT2D eigenvalue weighted by Crippen LogP contribution is -2.44. The van der Waals surface area contributed by atoms with Gasteiger partial charge in [0.15, 0.2) is 9.84 Å². The average molecular weight is 403 g/mol. The molecule has 1 N–H and O–H groups in total. The summed E-state index contributed by atoms with van der Waals surface area (Å²) in [5, 5.41) is 14.4. The highest BCUT2D eigenvalue weighted by Crippen LogP contribution is 2.32. The first-order valence-electron chi connectivity index (χ1n) is 8.85. The van der Waals surface area contributed by atoms with Crippen molar-refractivity contribution in [3.8, 4) is 0 Å². The Morgan fingerprint density at radius 1 is 1.14 bits per heavy atom. The number of benzene rings is 2. The van der Waals surface area contributed by atoms with Crippen LogP contribution in [0.25, 0.3) is 0 Å². The molecule has 8 nitrogen and oxygen atoms in total. The van der Waals surface area contributed by atoms with Crippen molar-refractivity contribution >= 4 is 27.1 Å². The maximum atomic E-state index is 12.3. The lowest BCUT2D eigenvalue weighted by atomic mass is 10.0. The highest BCUT2D eigenvalue weighted by molar-refractivity contribution is 7.90. The first-order chi connectivity index (χ1) is 13.3. The third kappa shape index (κ3) is 4.48. The van der Waals surface area contributed by atoms with Crippen LogP contribution in [-0.2, 0) is 9.84 Å². The van der Waals surface area contributed by atoms with Gasteiger partial charge in [0.05, 0.1) is 9.82 Å². The zero-order chi connectivity index (χ0) is 20.3. The molecule has 0 aromatic heterocycles. The number of nitro benzene ring substituents is 1. The number of sulfone groups is 1. The number of nitro groups is 1. The molecule has 0 atom stereocenters. The summed E-state index contributed by atoms with van der Waals surface area (Å²) in [4.78, 5) is 24.9. The molecule has 1 saturated heterocycles. The molecule has 3 rings (SSSR count). The van der Waals surface area contributed by atoms with E-state index in [4.69, 9.17) is 0 Å². The van der Waals surface area contributed by atoms with Crippen LogP contribution in [-0.4, -0.2) is 44.6 Å².